The molecule has 5 heteroatoms. The summed E-state index contributed by atoms with van der Waals surface area (Å²) in [6.07, 6.45) is 0. The Bertz CT molecular complexity index is 633. The van der Waals surface area contributed by atoms with Crippen molar-refractivity contribution in [2.75, 3.05) is 6.61 Å². The number of hydrogen-bond donors (Lipinski definition) is 2. The van der Waals surface area contributed by atoms with E-state index < -0.39 is 0 Å². The lowest BCUT2D eigenvalue weighted by Gasteiger charge is -2.23. The molecule has 3 nitrogen and oxygen atoms in total. The minimum atomic E-state index is -0.148. The molecule has 0 aliphatic carbocycles. The Kier molecular flexibility index (Phi) is 3.85. The molecular weight excluding hydrogens is 295 g/mol. The zero-order valence-corrected chi connectivity index (χ0v) is 12.2. The first-order chi connectivity index (χ1) is 9.72. The summed E-state index contributed by atoms with van der Waals surface area (Å²) in [6.45, 7) is 0.567. The van der Waals surface area contributed by atoms with Crippen LogP contribution in [0, 0.1) is 0 Å². The van der Waals surface area contributed by atoms with E-state index in [9.17, 15) is 0 Å². The first kappa shape index (κ1) is 13.7. The molecule has 1 aliphatic heterocycles. The maximum absolute atomic E-state index is 6.30. The number of nitrogens with one attached hydrogen (secondary N) is 1. The number of ether oxygens (including phenoxy) is 1. The van der Waals surface area contributed by atoms with Crippen LogP contribution < -0.4 is 16.0 Å². The van der Waals surface area contributed by atoms with Gasteiger partial charge >= 0.3 is 0 Å². The van der Waals surface area contributed by atoms with Crippen molar-refractivity contribution in [1.82, 2.24) is 5.43 Å². The van der Waals surface area contributed by atoms with E-state index in [0.717, 1.165) is 16.9 Å². The van der Waals surface area contributed by atoms with Crippen LogP contribution in [-0.4, -0.2) is 6.61 Å². The third-order valence-electron chi connectivity index (χ3n) is 3.64. The van der Waals surface area contributed by atoms with Gasteiger partial charge in [0.25, 0.3) is 0 Å². The van der Waals surface area contributed by atoms with E-state index in [0.29, 0.717) is 16.7 Å². The summed E-state index contributed by atoms with van der Waals surface area (Å²) in [7, 11) is 0. The molecule has 2 aromatic carbocycles. The van der Waals surface area contributed by atoms with Gasteiger partial charge in [0.1, 0.15) is 5.75 Å². The molecule has 104 valence electrons. The third-order valence-corrected chi connectivity index (χ3v) is 4.47. The monoisotopic (exact) mass is 308 g/mol. The van der Waals surface area contributed by atoms with E-state index in [4.69, 9.17) is 33.8 Å². The molecule has 2 aromatic rings. The number of benzene rings is 2. The molecule has 0 amide bonds. The fourth-order valence-corrected chi connectivity index (χ4v) is 3.07. The van der Waals surface area contributed by atoms with Gasteiger partial charge in [-0.2, -0.15) is 0 Å². The standard InChI is InChI=1S/C15H14Cl2N2O/c16-12-6-3-5-10(14(12)17)15(19-18)11-8-20-13-7-2-1-4-9(11)13/h1-7,11,15,19H,8,18H2. The Balaban J connectivity index is 2.02. The first-order valence-corrected chi connectivity index (χ1v) is 7.09. The summed E-state index contributed by atoms with van der Waals surface area (Å²) >= 11 is 12.4. The molecule has 0 radical (unpaired) electrons. The second-order valence-corrected chi connectivity index (χ2v) is 5.53. The Labute approximate surface area is 127 Å². The average molecular weight is 309 g/mol. The lowest BCUT2D eigenvalue weighted by Crippen LogP contribution is -2.33. The number of hydrogen-bond acceptors (Lipinski definition) is 3. The molecule has 0 bridgehead atoms. The van der Waals surface area contributed by atoms with E-state index in [2.05, 4.69) is 11.5 Å². The Hall–Kier alpha value is -1.26. The Morgan fingerprint density at radius 1 is 1.15 bits per heavy atom. The predicted octanol–water partition coefficient (Wildman–Crippen LogP) is 3.67. The van der Waals surface area contributed by atoms with Gasteiger partial charge in [-0.1, -0.05) is 53.5 Å². The summed E-state index contributed by atoms with van der Waals surface area (Å²) < 4.78 is 5.71. The molecule has 0 saturated carbocycles. The molecule has 20 heavy (non-hydrogen) atoms. The molecule has 3 N–H and O–H groups in total. The molecule has 0 fully saturated rings. The van der Waals surface area contributed by atoms with Gasteiger partial charge in [-0.15, -0.1) is 0 Å². The zero-order valence-electron chi connectivity index (χ0n) is 10.6. The van der Waals surface area contributed by atoms with E-state index in [-0.39, 0.29) is 12.0 Å². The molecule has 2 atom stereocenters. The smallest absolute Gasteiger partial charge is 0.122 e. The van der Waals surface area contributed by atoms with Crippen molar-refractivity contribution in [3.63, 3.8) is 0 Å². The van der Waals surface area contributed by atoms with Crippen LogP contribution in [-0.2, 0) is 0 Å². The molecule has 1 heterocycles. The summed E-state index contributed by atoms with van der Waals surface area (Å²) in [5, 5.41) is 1.05. The highest BCUT2D eigenvalue weighted by Gasteiger charge is 2.32. The second kappa shape index (κ2) is 5.62. The van der Waals surface area contributed by atoms with Crippen LogP contribution in [0.15, 0.2) is 42.5 Å². The van der Waals surface area contributed by atoms with Crippen molar-refractivity contribution in [1.29, 1.82) is 0 Å². The molecule has 0 aromatic heterocycles. The van der Waals surface area contributed by atoms with Crippen LogP contribution in [0.2, 0.25) is 10.0 Å². The van der Waals surface area contributed by atoms with Crippen LogP contribution in [0.1, 0.15) is 23.1 Å². The highest BCUT2D eigenvalue weighted by atomic mass is 35.5. The molecule has 2 unspecified atom stereocenters. The van der Waals surface area contributed by atoms with Crippen LogP contribution in [0.3, 0.4) is 0 Å². The van der Waals surface area contributed by atoms with Crippen LogP contribution in [0.4, 0.5) is 0 Å². The fourth-order valence-electron chi connectivity index (χ4n) is 2.65. The zero-order chi connectivity index (χ0) is 14.1. The van der Waals surface area contributed by atoms with Gasteiger partial charge < -0.3 is 4.74 Å². The lowest BCUT2D eigenvalue weighted by molar-refractivity contribution is 0.300. The molecular formula is C15H14Cl2N2O. The summed E-state index contributed by atoms with van der Waals surface area (Å²) in [6, 6.07) is 13.4. The van der Waals surface area contributed by atoms with E-state index in [1.54, 1.807) is 6.07 Å². The Morgan fingerprint density at radius 2 is 1.95 bits per heavy atom. The van der Waals surface area contributed by atoms with Crippen molar-refractivity contribution in [3.8, 4) is 5.75 Å². The average Bonchev–Trinajstić information content (AvgIpc) is 2.88. The number of rotatable bonds is 3. The Morgan fingerprint density at radius 3 is 2.75 bits per heavy atom. The van der Waals surface area contributed by atoms with Crippen molar-refractivity contribution in [2.24, 2.45) is 5.84 Å². The maximum atomic E-state index is 6.30. The molecule has 0 spiro atoms. The molecule has 1 aliphatic rings. The van der Waals surface area contributed by atoms with Crippen LogP contribution in [0.5, 0.6) is 5.75 Å². The number of nitrogens with two attached hydrogens (primary N) is 1. The topological polar surface area (TPSA) is 47.3 Å². The lowest BCUT2D eigenvalue weighted by atomic mass is 9.89. The number of para-hydroxylation sites is 1. The number of fused-ring (bicyclic) bond motifs is 1. The van der Waals surface area contributed by atoms with E-state index >= 15 is 0 Å². The van der Waals surface area contributed by atoms with Gasteiger partial charge in [-0.25, -0.2) is 0 Å². The summed E-state index contributed by atoms with van der Waals surface area (Å²) in [4.78, 5) is 0. The highest BCUT2D eigenvalue weighted by Crippen LogP contribution is 2.43. The number of hydrazine groups is 1. The molecule has 0 saturated heterocycles. The van der Waals surface area contributed by atoms with Gasteiger partial charge in [-0.05, 0) is 17.7 Å². The van der Waals surface area contributed by atoms with E-state index in [1.807, 2.05) is 30.3 Å². The van der Waals surface area contributed by atoms with Gasteiger partial charge in [0.05, 0.1) is 22.7 Å². The van der Waals surface area contributed by atoms with Gasteiger partial charge in [0, 0.05) is 11.5 Å². The number of halogens is 2. The third kappa shape index (κ3) is 2.27. The first-order valence-electron chi connectivity index (χ1n) is 6.34. The fraction of sp³-hybridized carbons (Fsp3) is 0.200. The quantitative estimate of drug-likeness (QED) is 0.672. The SMILES string of the molecule is NNC(c1cccc(Cl)c1Cl)C1COc2ccccc21. The molecule has 3 rings (SSSR count). The van der Waals surface area contributed by atoms with Crippen molar-refractivity contribution < 1.29 is 4.74 Å². The van der Waals surface area contributed by atoms with Crippen molar-refractivity contribution in [2.45, 2.75) is 12.0 Å². The van der Waals surface area contributed by atoms with E-state index in [1.165, 1.54) is 0 Å². The second-order valence-electron chi connectivity index (χ2n) is 4.74. The normalized spacial score (nSPS) is 18.4. The minimum absolute atomic E-state index is 0.104. The summed E-state index contributed by atoms with van der Waals surface area (Å²) in [5.74, 6) is 6.76. The predicted molar refractivity (Wildman–Crippen MR) is 81.2 cm³/mol. The van der Waals surface area contributed by atoms with Gasteiger partial charge in [0.2, 0.25) is 0 Å². The van der Waals surface area contributed by atoms with Crippen molar-refractivity contribution in [3.05, 3.63) is 63.6 Å². The van der Waals surface area contributed by atoms with Crippen molar-refractivity contribution >= 4 is 23.2 Å². The minimum Gasteiger partial charge on any atom is -0.493 e. The van der Waals surface area contributed by atoms with Gasteiger partial charge in [-0.3, -0.25) is 11.3 Å². The van der Waals surface area contributed by atoms with Gasteiger partial charge in [0.15, 0.2) is 0 Å². The maximum Gasteiger partial charge on any atom is 0.122 e. The highest BCUT2D eigenvalue weighted by molar-refractivity contribution is 6.42. The summed E-state index contributed by atoms with van der Waals surface area (Å²) in [5.41, 5.74) is 4.86. The van der Waals surface area contributed by atoms with Crippen LogP contribution >= 0.6 is 23.2 Å². The van der Waals surface area contributed by atoms with Crippen LogP contribution in [0.25, 0.3) is 0 Å². The largest absolute Gasteiger partial charge is 0.493 e.